The van der Waals surface area contributed by atoms with E-state index in [9.17, 15) is 14.4 Å². The molecule has 2 atom stereocenters. The maximum Gasteiger partial charge on any atom is 0.263 e. The Kier molecular flexibility index (Phi) is 7.95. The van der Waals surface area contributed by atoms with Gasteiger partial charge in [-0.2, -0.15) is 0 Å². The Balaban J connectivity index is 1.30. The molecule has 1 aliphatic rings. The van der Waals surface area contributed by atoms with E-state index < -0.39 is 12.1 Å². The zero-order chi connectivity index (χ0) is 27.2. The Labute approximate surface area is 224 Å². The minimum Gasteiger partial charge on any atom is -0.480 e. The Morgan fingerprint density at radius 3 is 2.85 bits per heavy atom. The van der Waals surface area contributed by atoms with Crippen molar-refractivity contribution in [3.8, 4) is 17.1 Å². The van der Waals surface area contributed by atoms with E-state index in [1.807, 2.05) is 30.3 Å². The SMILES string of the molecule is COc1nc2ccccc2cc1-c1cnc([C@H](CCCCCC(=O)c2ncco2)NC(=O)[C@@H]2CCC(=O)N2)[nH]1. The quantitative estimate of drug-likeness (QED) is 0.184. The number of ketones is 1. The first-order valence-corrected chi connectivity index (χ1v) is 13.0. The molecule has 1 aromatic carbocycles. The van der Waals surface area contributed by atoms with Crippen LogP contribution in [0.2, 0.25) is 0 Å². The highest BCUT2D eigenvalue weighted by molar-refractivity contribution is 5.92. The number of amides is 2. The number of oxazole rings is 1. The van der Waals surface area contributed by atoms with Crippen LogP contribution in [0.25, 0.3) is 22.2 Å². The van der Waals surface area contributed by atoms with E-state index in [2.05, 4.69) is 30.6 Å². The maximum absolute atomic E-state index is 12.9. The Morgan fingerprint density at radius 1 is 1.21 bits per heavy atom. The molecule has 3 N–H and O–H groups in total. The highest BCUT2D eigenvalue weighted by atomic mass is 16.5. The number of pyridine rings is 1. The lowest BCUT2D eigenvalue weighted by atomic mass is 10.0. The van der Waals surface area contributed by atoms with Gasteiger partial charge in [-0.25, -0.2) is 15.0 Å². The van der Waals surface area contributed by atoms with Gasteiger partial charge in [0, 0.05) is 18.2 Å². The molecule has 39 heavy (non-hydrogen) atoms. The van der Waals surface area contributed by atoms with Crippen molar-refractivity contribution in [1.82, 2.24) is 30.6 Å². The molecule has 0 unspecified atom stereocenters. The standard InChI is InChI=1S/C28H30N6O5/c1-38-27-18(15-17-7-5-6-8-19(17)34-27)22-16-30-25(32-22)20(33-26(37)21-11-12-24(36)31-21)9-3-2-4-10-23(35)28-29-13-14-39-28/h5-8,13-16,20-21H,2-4,9-12H2,1H3,(H,30,32)(H,31,36)(H,33,37)/t20-,21-/m0/s1. The Morgan fingerprint density at radius 2 is 2.08 bits per heavy atom. The van der Waals surface area contributed by atoms with Gasteiger partial charge in [-0.05, 0) is 31.4 Å². The molecular formula is C28H30N6O5. The first kappa shape index (κ1) is 26.1. The van der Waals surface area contributed by atoms with E-state index in [0.29, 0.717) is 49.5 Å². The van der Waals surface area contributed by atoms with Crippen LogP contribution in [0.5, 0.6) is 5.88 Å². The number of rotatable bonds is 12. The summed E-state index contributed by atoms with van der Waals surface area (Å²) in [5.41, 5.74) is 2.29. The molecule has 2 amide bonds. The number of nitrogens with zero attached hydrogens (tertiary/aromatic N) is 3. The molecule has 5 rings (SSSR count). The summed E-state index contributed by atoms with van der Waals surface area (Å²) in [6.45, 7) is 0. The molecule has 4 heterocycles. The molecule has 11 heteroatoms. The van der Waals surface area contributed by atoms with Crippen molar-refractivity contribution < 1.29 is 23.5 Å². The van der Waals surface area contributed by atoms with Gasteiger partial charge in [-0.3, -0.25) is 14.4 Å². The molecule has 1 fully saturated rings. The largest absolute Gasteiger partial charge is 0.480 e. The fraction of sp³-hybridized carbons (Fsp3) is 0.357. The van der Waals surface area contributed by atoms with Crippen molar-refractivity contribution in [1.29, 1.82) is 0 Å². The van der Waals surface area contributed by atoms with Crippen LogP contribution in [-0.4, -0.2) is 50.7 Å². The summed E-state index contributed by atoms with van der Waals surface area (Å²) in [4.78, 5) is 53.2. The smallest absolute Gasteiger partial charge is 0.263 e. The van der Waals surface area contributed by atoms with Crippen LogP contribution >= 0.6 is 0 Å². The van der Waals surface area contributed by atoms with Crippen molar-refractivity contribution in [3.63, 3.8) is 0 Å². The molecule has 4 aromatic rings. The van der Waals surface area contributed by atoms with E-state index in [1.54, 1.807) is 13.3 Å². The van der Waals surface area contributed by atoms with Crippen LogP contribution < -0.4 is 15.4 Å². The van der Waals surface area contributed by atoms with Crippen molar-refractivity contribution in [2.24, 2.45) is 0 Å². The number of hydrogen-bond acceptors (Lipinski definition) is 8. The third-order valence-electron chi connectivity index (χ3n) is 6.79. The summed E-state index contributed by atoms with van der Waals surface area (Å²) in [6, 6.07) is 8.80. The molecular weight excluding hydrogens is 500 g/mol. The Bertz CT molecular complexity index is 1460. The maximum atomic E-state index is 12.9. The van der Waals surface area contributed by atoms with Gasteiger partial charge >= 0.3 is 0 Å². The minimum absolute atomic E-state index is 0.125. The van der Waals surface area contributed by atoms with Crippen molar-refractivity contribution >= 4 is 28.5 Å². The Hall–Kier alpha value is -4.54. The fourth-order valence-corrected chi connectivity index (χ4v) is 4.74. The van der Waals surface area contributed by atoms with Crippen LogP contribution in [-0.2, 0) is 9.59 Å². The second-order valence-electron chi connectivity index (χ2n) is 9.50. The lowest BCUT2D eigenvalue weighted by Gasteiger charge is -2.19. The number of nitrogens with one attached hydrogen (secondary N) is 3. The fourth-order valence-electron chi connectivity index (χ4n) is 4.74. The van der Waals surface area contributed by atoms with E-state index in [4.69, 9.17) is 9.15 Å². The third kappa shape index (κ3) is 6.14. The van der Waals surface area contributed by atoms with E-state index in [1.165, 1.54) is 12.5 Å². The van der Waals surface area contributed by atoms with Crippen LogP contribution in [0.4, 0.5) is 0 Å². The lowest BCUT2D eigenvalue weighted by molar-refractivity contribution is -0.126. The van der Waals surface area contributed by atoms with E-state index >= 15 is 0 Å². The third-order valence-corrected chi connectivity index (χ3v) is 6.79. The molecule has 11 nitrogen and oxygen atoms in total. The van der Waals surface area contributed by atoms with Gasteiger partial charge in [0.2, 0.25) is 23.5 Å². The van der Waals surface area contributed by atoms with Crippen LogP contribution in [0, 0.1) is 0 Å². The molecule has 3 aromatic heterocycles. The van der Waals surface area contributed by atoms with Gasteiger partial charge in [0.05, 0.1) is 42.3 Å². The zero-order valence-corrected chi connectivity index (χ0v) is 21.6. The molecule has 0 bridgehead atoms. The highest BCUT2D eigenvalue weighted by Gasteiger charge is 2.29. The second-order valence-corrected chi connectivity index (χ2v) is 9.50. The molecule has 0 saturated carbocycles. The second kappa shape index (κ2) is 11.9. The summed E-state index contributed by atoms with van der Waals surface area (Å²) >= 11 is 0. The molecule has 202 valence electrons. The van der Waals surface area contributed by atoms with Gasteiger partial charge < -0.3 is 24.8 Å². The molecule has 1 aliphatic heterocycles. The minimum atomic E-state index is -0.558. The summed E-state index contributed by atoms with van der Waals surface area (Å²) in [6.07, 6.45) is 8.46. The average molecular weight is 531 g/mol. The lowest BCUT2D eigenvalue weighted by Crippen LogP contribution is -2.43. The summed E-state index contributed by atoms with van der Waals surface area (Å²) in [5, 5.41) is 6.74. The number of unbranched alkanes of at least 4 members (excludes halogenated alkanes) is 2. The monoisotopic (exact) mass is 530 g/mol. The number of carbonyl (C=O) groups is 3. The first-order chi connectivity index (χ1) is 19.0. The van der Waals surface area contributed by atoms with E-state index in [0.717, 1.165) is 29.3 Å². The van der Waals surface area contributed by atoms with Gasteiger partial charge in [-0.1, -0.05) is 31.0 Å². The van der Waals surface area contributed by atoms with Crippen molar-refractivity contribution in [2.45, 2.75) is 57.0 Å². The number of para-hydroxylation sites is 1. The zero-order valence-electron chi connectivity index (χ0n) is 21.6. The summed E-state index contributed by atoms with van der Waals surface area (Å²) in [7, 11) is 1.57. The van der Waals surface area contributed by atoms with Crippen molar-refractivity contribution in [2.75, 3.05) is 7.11 Å². The molecule has 0 radical (unpaired) electrons. The number of methoxy groups -OCH3 is 1. The van der Waals surface area contributed by atoms with E-state index in [-0.39, 0.29) is 23.5 Å². The average Bonchev–Trinajstić information content (AvgIpc) is 3.74. The van der Waals surface area contributed by atoms with Crippen LogP contribution in [0.1, 0.15) is 67.5 Å². The number of aromatic nitrogens is 4. The number of Topliss-reactive ketones (excluding diaryl/α,β-unsaturated/α-hetero) is 1. The molecule has 0 aliphatic carbocycles. The van der Waals surface area contributed by atoms with Crippen LogP contribution in [0.3, 0.4) is 0 Å². The normalized spacial score (nSPS) is 15.7. The predicted octanol–water partition coefficient (Wildman–Crippen LogP) is 3.89. The van der Waals surface area contributed by atoms with Gasteiger partial charge in [0.1, 0.15) is 18.1 Å². The van der Waals surface area contributed by atoms with Gasteiger partial charge in [0.25, 0.3) is 5.89 Å². The molecule has 1 saturated heterocycles. The number of hydrogen-bond donors (Lipinski definition) is 3. The number of H-pyrrole nitrogens is 1. The number of imidazole rings is 1. The number of aromatic amines is 1. The number of ether oxygens (including phenoxy) is 1. The number of fused-ring (bicyclic) bond motifs is 1. The van der Waals surface area contributed by atoms with Crippen molar-refractivity contribution in [3.05, 3.63) is 60.7 Å². The summed E-state index contributed by atoms with van der Waals surface area (Å²) < 4.78 is 10.6. The number of carbonyl (C=O) groups excluding carboxylic acids is 3. The number of benzene rings is 1. The highest BCUT2D eigenvalue weighted by Crippen LogP contribution is 2.31. The van der Waals surface area contributed by atoms with Crippen LogP contribution in [0.15, 0.2) is 53.4 Å². The topological polar surface area (TPSA) is 152 Å². The predicted molar refractivity (Wildman–Crippen MR) is 142 cm³/mol. The first-order valence-electron chi connectivity index (χ1n) is 13.0. The summed E-state index contributed by atoms with van der Waals surface area (Å²) in [5.74, 6) is 0.685. The molecule has 0 spiro atoms. The van der Waals surface area contributed by atoms with Gasteiger partial charge in [0.15, 0.2) is 0 Å². The van der Waals surface area contributed by atoms with Gasteiger partial charge in [-0.15, -0.1) is 0 Å².